The number of aromatic amines is 1. The van der Waals surface area contributed by atoms with E-state index in [1.165, 1.54) is 4.68 Å². The number of aryl methyl sites for hydroxylation is 1. The van der Waals surface area contributed by atoms with E-state index < -0.39 is 0 Å². The molecule has 0 saturated heterocycles. The summed E-state index contributed by atoms with van der Waals surface area (Å²) in [5.41, 5.74) is 2.53. The molecule has 0 aliphatic carbocycles. The first kappa shape index (κ1) is 15.2. The minimum atomic E-state index is -0.182. The first-order valence-electron chi connectivity index (χ1n) is 7.14. The molecule has 3 rings (SSSR count). The first-order valence-corrected chi connectivity index (χ1v) is 7.52. The Labute approximate surface area is 138 Å². The van der Waals surface area contributed by atoms with Crippen molar-refractivity contribution in [2.24, 2.45) is 0 Å². The number of hydrogen-bond donors (Lipinski definition) is 2. The summed E-state index contributed by atoms with van der Waals surface area (Å²) in [5, 5.41) is 7.72. The molecule has 1 heterocycles. The molecule has 0 amide bonds. The molecule has 0 spiro atoms. The Balaban J connectivity index is 2.05. The monoisotopic (exact) mass is 325 g/mol. The highest BCUT2D eigenvalue weighted by Crippen LogP contribution is 2.13. The van der Waals surface area contributed by atoms with E-state index in [4.69, 9.17) is 11.6 Å². The van der Waals surface area contributed by atoms with Gasteiger partial charge in [0.15, 0.2) is 0 Å². The minimum absolute atomic E-state index is 0.182. The average Bonchev–Trinajstić information content (AvgIpc) is 2.81. The number of nitrogens with one attached hydrogen (secondary N) is 2. The Morgan fingerprint density at radius 1 is 1.22 bits per heavy atom. The highest BCUT2D eigenvalue weighted by atomic mass is 35.5. The lowest BCUT2D eigenvalue weighted by Crippen LogP contribution is -2.34. The predicted octanol–water partition coefficient (Wildman–Crippen LogP) is 2.39. The van der Waals surface area contributed by atoms with E-state index in [0.717, 1.165) is 11.3 Å². The quantitative estimate of drug-likeness (QED) is 0.777. The molecule has 116 valence electrons. The van der Waals surface area contributed by atoms with Gasteiger partial charge in [0.2, 0.25) is 0 Å². The van der Waals surface area contributed by atoms with Crippen LogP contribution in [0.15, 0.2) is 53.3 Å². The maximum absolute atomic E-state index is 12.6. The van der Waals surface area contributed by atoms with Crippen LogP contribution in [0.1, 0.15) is 5.56 Å². The van der Waals surface area contributed by atoms with E-state index in [1.54, 1.807) is 24.4 Å². The van der Waals surface area contributed by atoms with E-state index in [2.05, 4.69) is 17.0 Å². The van der Waals surface area contributed by atoms with Crippen molar-refractivity contribution in [1.82, 2.24) is 9.78 Å². The van der Waals surface area contributed by atoms with Crippen molar-refractivity contribution in [2.45, 2.75) is 6.92 Å². The molecule has 1 aromatic heterocycles. The lowest BCUT2D eigenvalue weighted by atomic mass is 10.2. The second-order valence-corrected chi connectivity index (χ2v) is 5.66. The number of hydrogen-bond acceptors (Lipinski definition) is 2. The van der Waals surface area contributed by atoms with Gasteiger partial charge in [-0.1, -0.05) is 42.4 Å². The second kappa shape index (κ2) is 6.18. The van der Waals surface area contributed by atoms with Gasteiger partial charge in [0, 0.05) is 16.9 Å². The molecule has 2 aromatic carbocycles. The molecule has 2 N–H and O–H groups in total. The van der Waals surface area contributed by atoms with Gasteiger partial charge < -0.3 is 5.32 Å². The zero-order chi connectivity index (χ0) is 16.4. The normalized spacial score (nSPS) is 11.7. The molecule has 0 bridgehead atoms. The van der Waals surface area contributed by atoms with E-state index in [-0.39, 0.29) is 5.56 Å². The van der Waals surface area contributed by atoms with Crippen LogP contribution in [0.4, 0.5) is 5.69 Å². The summed E-state index contributed by atoms with van der Waals surface area (Å²) in [6.07, 6.45) is 1.67. The predicted molar refractivity (Wildman–Crippen MR) is 95.4 cm³/mol. The molecule has 0 atom stereocenters. The molecule has 3 aromatic rings. The van der Waals surface area contributed by atoms with Crippen molar-refractivity contribution in [1.29, 1.82) is 0 Å². The lowest BCUT2D eigenvalue weighted by molar-refractivity contribution is 0.838. The van der Waals surface area contributed by atoms with Crippen LogP contribution < -0.4 is 21.4 Å². The minimum Gasteiger partial charge on any atom is -0.361 e. The van der Waals surface area contributed by atoms with Gasteiger partial charge in [-0.15, -0.1) is 0 Å². The van der Waals surface area contributed by atoms with Gasteiger partial charge in [0.1, 0.15) is 0 Å². The Morgan fingerprint density at radius 3 is 2.74 bits per heavy atom. The van der Waals surface area contributed by atoms with Crippen LogP contribution in [0, 0.1) is 6.92 Å². The summed E-state index contributed by atoms with van der Waals surface area (Å²) in [5.74, 6) is 0. The molecule has 0 aliphatic heterocycles. The van der Waals surface area contributed by atoms with E-state index >= 15 is 0 Å². The van der Waals surface area contributed by atoms with Crippen LogP contribution in [0.25, 0.3) is 18.5 Å². The maximum atomic E-state index is 12.6. The van der Waals surface area contributed by atoms with Crippen LogP contribution in [-0.4, -0.2) is 9.78 Å². The Kier molecular flexibility index (Phi) is 4.08. The summed E-state index contributed by atoms with van der Waals surface area (Å²) in [6.45, 7) is 5.91. The molecule has 5 heteroatoms. The summed E-state index contributed by atoms with van der Waals surface area (Å²) in [6, 6.07) is 14.9. The van der Waals surface area contributed by atoms with Crippen molar-refractivity contribution in [3.63, 3.8) is 0 Å². The van der Waals surface area contributed by atoms with Crippen molar-refractivity contribution in [3.8, 4) is 5.69 Å². The molecule has 4 nitrogen and oxygen atoms in total. The summed E-state index contributed by atoms with van der Waals surface area (Å²) in [7, 11) is 0. The number of anilines is 1. The molecule has 0 unspecified atom stereocenters. The van der Waals surface area contributed by atoms with Crippen LogP contribution in [0.5, 0.6) is 0 Å². The molecular weight excluding hydrogens is 310 g/mol. The topological polar surface area (TPSA) is 49.8 Å². The smallest absolute Gasteiger partial charge is 0.280 e. The van der Waals surface area contributed by atoms with Gasteiger partial charge in [-0.2, -0.15) is 0 Å². The highest BCUT2D eigenvalue weighted by Gasteiger charge is 2.05. The Morgan fingerprint density at radius 2 is 2.00 bits per heavy atom. The van der Waals surface area contributed by atoms with Crippen molar-refractivity contribution in [3.05, 3.63) is 80.0 Å². The van der Waals surface area contributed by atoms with Crippen molar-refractivity contribution in [2.75, 3.05) is 5.32 Å². The number of H-pyrrole nitrogens is 1. The fourth-order valence-electron chi connectivity index (χ4n) is 2.33. The van der Waals surface area contributed by atoms with Crippen LogP contribution >= 0.6 is 11.6 Å². The number of rotatable bonds is 3. The fourth-order valence-corrected chi connectivity index (χ4v) is 2.51. The molecule has 23 heavy (non-hydrogen) atoms. The largest absolute Gasteiger partial charge is 0.361 e. The Hall–Kier alpha value is -2.72. The standard InChI is InChI=1S/C18H16ClN3O/c1-12-6-3-4-9-17(12)20-11-16-13(2)21-22(18(16)23)15-8-5-7-14(19)10-15/h3-11,20-21H,2H2,1H3. The summed E-state index contributed by atoms with van der Waals surface area (Å²) >= 11 is 5.99. The fraction of sp³-hybridized carbons (Fsp3) is 0.0556. The molecule has 0 radical (unpaired) electrons. The second-order valence-electron chi connectivity index (χ2n) is 5.23. The number of aromatic nitrogens is 2. The van der Waals surface area contributed by atoms with Gasteiger partial charge in [-0.05, 0) is 36.8 Å². The SMILES string of the molecule is C=c1[nH]n(-c2cccc(Cl)c2)c(=O)c1=CNc1ccccc1C. The molecule has 0 saturated carbocycles. The molecule has 0 aliphatic rings. The summed E-state index contributed by atoms with van der Waals surface area (Å²) < 4.78 is 1.43. The number of benzene rings is 2. The third-order valence-electron chi connectivity index (χ3n) is 3.59. The van der Waals surface area contributed by atoms with Gasteiger partial charge in [0.05, 0.1) is 16.3 Å². The van der Waals surface area contributed by atoms with Crippen LogP contribution in [-0.2, 0) is 0 Å². The number of nitrogens with zero attached hydrogens (tertiary/aromatic N) is 1. The maximum Gasteiger partial charge on any atom is 0.280 e. The Bertz CT molecular complexity index is 1020. The molecular formula is C18H16ClN3O. The van der Waals surface area contributed by atoms with E-state index in [0.29, 0.717) is 21.3 Å². The molecule has 0 fully saturated rings. The number of para-hydroxylation sites is 1. The van der Waals surface area contributed by atoms with Gasteiger partial charge in [-0.25, -0.2) is 4.68 Å². The van der Waals surface area contributed by atoms with Crippen LogP contribution in [0.3, 0.4) is 0 Å². The van der Waals surface area contributed by atoms with Crippen LogP contribution in [0.2, 0.25) is 5.02 Å². The van der Waals surface area contributed by atoms with E-state index in [9.17, 15) is 4.79 Å². The number of halogens is 1. The van der Waals surface area contributed by atoms with Gasteiger partial charge in [0.25, 0.3) is 5.56 Å². The van der Waals surface area contributed by atoms with E-state index in [1.807, 2.05) is 37.3 Å². The average molecular weight is 326 g/mol. The van der Waals surface area contributed by atoms with Crippen molar-refractivity contribution < 1.29 is 0 Å². The first-order chi connectivity index (χ1) is 11.1. The summed E-state index contributed by atoms with van der Waals surface area (Å²) in [4.78, 5) is 12.6. The third-order valence-corrected chi connectivity index (χ3v) is 3.82. The zero-order valence-corrected chi connectivity index (χ0v) is 13.4. The van der Waals surface area contributed by atoms with Gasteiger partial charge >= 0.3 is 0 Å². The van der Waals surface area contributed by atoms with Crippen molar-refractivity contribution >= 4 is 30.1 Å². The van der Waals surface area contributed by atoms with Gasteiger partial charge in [-0.3, -0.25) is 9.89 Å². The highest BCUT2D eigenvalue weighted by molar-refractivity contribution is 6.30. The zero-order valence-electron chi connectivity index (χ0n) is 12.6. The lowest BCUT2D eigenvalue weighted by Gasteiger charge is -2.03. The third kappa shape index (κ3) is 3.07.